The Labute approximate surface area is 134 Å². The van der Waals surface area contributed by atoms with Crippen LogP contribution in [0.4, 0.5) is 0 Å². The topological polar surface area (TPSA) is 46.2 Å². The minimum Gasteiger partial charge on any atom is -0.207 e. The van der Waals surface area contributed by atoms with Gasteiger partial charge in [0.15, 0.2) is 0 Å². The van der Waals surface area contributed by atoms with E-state index < -0.39 is 10.0 Å². The van der Waals surface area contributed by atoms with Crippen molar-refractivity contribution in [2.45, 2.75) is 24.8 Å². The first-order valence-corrected chi connectivity index (χ1v) is 9.25. The van der Waals surface area contributed by atoms with E-state index in [2.05, 4.69) is 20.7 Å². The van der Waals surface area contributed by atoms with Gasteiger partial charge in [-0.2, -0.15) is 0 Å². The minimum absolute atomic E-state index is 0.294. The Morgan fingerprint density at radius 3 is 2.29 bits per heavy atom. The van der Waals surface area contributed by atoms with E-state index in [4.69, 9.17) is 0 Å². The summed E-state index contributed by atoms with van der Waals surface area (Å²) in [5.74, 6) is 0. The van der Waals surface area contributed by atoms with Crippen molar-refractivity contribution < 1.29 is 8.42 Å². The number of rotatable bonds is 5. The number of aryl methyl sites for hydroxylation is 2. The fourth-order valence-electron chi connectivity index (χ4n) is 2.01. The summed E-state index contributed by atoms with van der Waals surface area (Å²) in [5.41, 5.74) is 2.98. The van der Waals surface area contributed by atoms with Gasteiger partial charge in [-0.25, -0.2) is 13.1 Å². The van der Waals surface area contributed by atoms with Crippen molar-refractivity contribution in [2.75, 3.05) is 5.33 Å². The Bertz CT molecular complexity index is 714. The lowest BCUT2D eigenvalue weighted by molar-refractivity contribution is 0.568. The first-order chi connectivity index (χ1) is 9.94. The summed E-state index contributed by atoms with van der Waals surface area (Å²) in [4.78, 5) is 0.299. The molecule has 1 N–H and O–H groups in total. The minimum atomic E-state index is -3.54. The Morgan fingerprint density at radius 2 is 1.71 bits per heavy atom. The zero-order valence-corrected chi connectivity index (χ0v) is 14.4. The van der Waals surface area contributed by atoms with E-state index in [1.165, 1.54) is 0 Å². The number of hydrogen-bond donors (Lipinski definition) is 1. The van der Waals surface area contributed by atoms with Gasteiger partial charge in [0.1, 0.15) is 0 Å². The summed E-state index contributed by atoms with van der Waals surface area (Å²) in [6, 6.07) is 14.4. The lowest BCUT2D eigenvalue weighted by Gasteiger charge is -2.17. The number of alkyl halides is 1. The van der Waals surface area contributed by atoms with Crippen LogP contribution in [-0.2, 0) is 10.0 Å². The Kier molecular flexibility index (Phi) is 5.19. The first-order valence-electron chi connectivity index (χ1n) is 6.64. The average molecular weight is 368 g/mol. The first kappa shape index (κ1) is 16.2. The Hall–Kier alpha value is -1.17. The van der Waals surface area contributed by atoms with E-state index in [-0.39, 0.29) is 6.04 Å². The largest absolute Gasteiger partial charge is 0.241 e. The zero-order chi connectivity index (χ0) is 15.5. The quantitative estimate of drug-likeness (QED) is 0.818. The molecule has 0 aliphatic heterocycles. The van der Waals surface area contributed by atoms with Gasteiger partial charge in [0.05, 0.1) is 10.9 Å². The molecule has 0 bridgehead atoms. The van der Waals surface area contributed by atoms with Crippen molar-refractivity contribution in [1.82, 2.24) is 4.72 Å². The van der Waals surface area contributed by atoms with Crippen molar-refractivity contribution in [2.24, 2.45) is 0 Å². The van der Waals surface area contributed by atoms with Crippen molar-refractivity contribution in [3.63, 3.8) is 0 Å². The van der Waals surface area contributed by atoms with E-state index in [9.17, 15) is 8.42 Å². The molecule has 0 radical (unpaired) electrons. The molecule has 0 aromatic heterocycles. The van der Waals surface area contributed by atoms with E-state index in [0.717, 1.165) is 16.7 Å². The molecular formula is C16H18BrNO2S. The zero-order valence-electron chi connectivity index (χ0n) is 12.0. The van der Waals surface area contributed by atoms with Crippen molar-refractivity contribution in [1.29, 1.82) is 0 Å². The molecular weight excluding hydrogens is 350 g/mol. The van der Waals surface area contributed by atoms with E-state index in [1.807, 2.05) is 50.2 Å². The van der Waals surface area contributed by atoms with Crippen LogP contribution in [0.3, 0.4) is 0 Å². The molecule has 112 valence electrons. The van der Waals surface area contributed by atoms with Crippen molar-refractivity contribution >= 4 is 26.0 Å². The van der Waals surface area contributed by atoms with Gasteiger partial charge in [-0.05, 0) is 42.7 Å². The fraction of sp³-hybridized carbons (Fsp3) is 0.250. The molecule has 1 atom stereocenters. The number of halogens is 1. The van der Waals surface area contributed by atoms with E-state index in [0.29, 0.717) is 10.2 Å². The number of benzene rings is 2. The summed E-state index contributed by atoms with van der Waals surface area (Å²) in [6.45, 7) is 3.87. The van der Waals surface area contributed by atoms with Gasteiger partial charge in [-0.3, -0.25) is 0 Å². The molecule has 1 unspecified atom stereocenters. The van der Waals surface area contributed by atoms with Crippen LogP contribution in [0.25, 0.3) is 0 Å². The van der Waals surface area contributed by atoms with Gasteiger partial charge in [0.25, 0.3) is 0 Å². The summed E-state index contributed by atoms with van der Waals surface area (Å²) in [5, 5.41) is 0.515. The second kappa shape index (κ2) is 6.73. The normalized spacial score (nSPS) is 13.1. The van der Waals surface area contributed by atoms with Gasteiger partial charge in [-0.15, -0.1) is 0 Å². The molecule has 5 heteroatoms. The van der Waals surface area contributed by atoms with Crippen LogP contribution >= 0.6 is 15.9 Å². The molecule has 0 saturated heterocycles. The summed E-state index contributed by atoms with van der Waals surface area (Å²) in [7, 11) is -3.54. The highest BCUT2D eigenvalue weighted by molar-refractivity contribution is 9.09. The smallest absolute Gasteiger partial charge is 0.207 e. The van der Waals surface area contributed by atoms with Gasteiger partial charge >= 0.3 is 0 Å². The molecule has 2 aromatic carbocycles. The van der Waals surface area contributed by atoms with Gasteiger partial charge in [-0.1, -0.05) is 52.3 Å². The van der Waals surface area contributed by atoms with Crippen LogP contribution < -0.4 is 4.72 Å². The monoisotopic (exact) mass is 367 g/mol. The standard InChI is InChI=1S/C16H18BrNO2S/c1-12-8-9-15(10-13(12)2)21(19,20)18-16(11-17)14-6-4-3-5-7-14/h3-10,16,18H,11H2,1-2H3. The third-order valence-electron chi connectivity index (χ3n) is 3.44. The maximum atomic E-state index is 12.5. The van der Waals surface area contributed by atoms with Crippen LogP contribution in [0.2, 0.25) is 0 Å². The van der Waals surface area contributed by atoms with Crippen LogP contribution in [0.15, 0.2) is 53.4 Å². The number of hydrogen-bond acceptors (Lipinski definition) is 2. The molecule has 0 fully saturated rings. The molecule has 0 saturated carbocycles. The Morgan fingerprint density at radius 1 is 1.05 bits per heavy atom. The predicted octanol–water partition coefficient (Wildman–Crippen LogP) is 3.72. The third kappa shape index (κ3) is 3.93. The molecule has 0 heterocycles. The maximum absolute atomic E-state index is 12.5. The third-order valence-corrected chi connectivity index (χ3v) is 5.56. The van der Waals surface area contributed by atoms with Crippen LogP contribution in [0, 0.1) is 13.8 Å². The van der Waals surface area contributed by atoms with Crippen molar-refractivity contribution in [3.05, 3.63) is 65.2 Å². The number of sulfonamides is 1. The average Bonchev–Trinajstić information content (AvgIpc) is 2.48. The van der Waals surface area contributed by atoms with Gasteiger partial charge in [0.2, 0.25) is 10.0 Å². The van der Waals surface area contributed by atoms with Gasteiger partial charge in [0, 0.05) is 5.33 Å². The lowest BCUT2D eigenvalue weighted by atomic mass is 10.1. The highest BCUT2D eigenvalue weighted by Gasteiger charge is 2.20. The van der Waals surface area contributed by atoms with Crippen LogP contribution in [0.5, 0.6) is 0 Å². The molecule has 0 spiro atoms. The summed E-state index contributed by atoms with van der Waals surface area (Å²) >= 11 is 3.38. The molecule has 21 heavy (non-hydrogen) atoms. The van der Waals surface area contributed by atoms with E-state index >= 15 is 0 Å². The van der Waals surface area contributed by atoms with E-state index in [1.54, 1.807) is 12.1 Å². The van der Waals surface area contributed by atoms with Crippen molar-refractivity contribution in [3.8, 4) is 0 Å². The highest BCUT2D eigenvalue weighted by Crippen LogP contribution is 2.20. The lowest BCUT2D eigenvalue weighted by Crippen LogP contribution is -2.29. The second-order valence-corrected chi connectivity index (χ2v) is 7.35. The Balaban J connectivity index is 2.29. The maximum Gasteiger partial charge on any atom is 0.241 e. The molecule has 2 aromatic rings. The molecule has 2 rings (SSSR count). The van der Waals surface area contributed by atoms with Crippen LogP contribution in [-0.4, -0.2) is 13.7 Å². The molecule has 0 aliphatic carbocycles. The number of nitrogens with one attached hydrogen (secondary N) is 1. The molecule has 3 nitrogen and oxygen atoms in total. The van der Waals surface area contributed by atoms with Crippen LogP contribution in [0.1, 0.15) is 22.7 Å². The van der Waals surface area contributed by atoms with Gasteiger partial charge < -0.3 is 0 Å². The predicted molar refractivity (Wildman–Crippen MR) is 89.2 cm³/mol. The SMILES string of the molecule is Cc1ccc(S(=O)(=O)NC(CBr)c2ccccc2)cc1C. The highest BCUT2D eigenvalue weighted by atomic mass is 79.9. The molecule has 0 amide bonds. The fourth-order valence-corrected chi connectivity index (χ4v) is 4.07. The summed E-state index contributed by atoms with van der Waals surface area (Å²) in [6.07, 6.45) is 0. The second-order valence-electron chi connectivity index (χ2n) is 4.98. The molecule has 0 aliphatic rings. The summed E-state index contributed by atoms with van der Waals surface area (Å²) < 4.78 is 27.8.